The monoisotopic (exact) mass is 387 g/mol. The van der Waals surface area contributed by atoms with Crippen molar-refractivity contribution in [3.63, 3.8) is 0 Å². The number of carbonyl (C=O) groups is 1. The van der Waals surface area contributed by atoms with Crippen LogP contribution in [-0.4, -0.2) is 11.1 Å². The molecule has 0 amide bonds. The van der Waals surface area contributed by atoms with Gasteiger partial charge in [-0.25, -0.2) is 4.79 Å². The molecule has 0 spiro atoms. The zero-order valence-corrected chi connectivity index (χ0v) is 14.7. The number of aryl methyl sites for hydroxylation is 1. The summed E-state index contributed by atoms with van der Waals surface area (Å²) >= 11 is 4.80. The molecule has 0 radical (unpaired) electrons. The predicted molar refractivity (Wildman–Crippen MR) is 98.9 cm³/mol. The van der Waals surface area contributed by atoms with Crippen LogP contribution in [0.4, 0.5) is 10.7 Å². The fourth-order valence-corrected chi connectivity index (χ4v) is 3.60. The quantitative estimate of drug-likeness (QED) is 0.583. The molecule has 1 aromatic heterocycles. The zero-order chi connectivity index (χ0) is 16.4. The third-order valence-electron chi connectivity index (χ3n) is 3.44. The second-order valence-corrected chi connectivity index (χ2v) is 6.96. The highest BCUT2D eigenvalue weighted by molar-refractivity contribution is 9.10. The molecule has 116 valence electrons. The average molecular weight is 388 g/mol. The summed E-state index contributed by atoms with van der Waals surface area (Å²) < 4.78 is 0.964. The molecule has 0 fully saturated rings. The van der Waals surface area contributed by atoms with Crippen molar-refractivity contribution in [3.8, 4) is 11.1 Å². The summed E-state index contributed by atoms with van der Waals surface area (Å²) in [6.45, 7) is 2.00. The van der Waals surface area contributed by atoms with E-state index in [0.29, 0.717) is 10.6 Å². The van der Waals surface area contributed by atoms with E-state index in [1.165, 1.54) is 11.3 Å². The lowest BCUT2D eigenvalue weighted by atomic mass is 10.0. The lowest BCUT2D eigenvalue weighted by Crippen LogP contribution is -2.01. The van der Waals surface area contributed by atoms with Crippen LogP contribution >= 0.6 is 27.3 Å². The van der Waals surface area contributed by atoms with Crippen LogP contribution in [0.2, 0.25) is 0 Å². The summed E-state index contributed by atoms with van der Waals surface area (Å²) in [4.78, 5) is 11.8. The number of carboxylic acids is 1. The molecule has 2 aromatic carbocycles. The third kappa shape index (κ3) is 3.46. The second kappa shape index (κ2) is 6.56. The van der Waals surface area contributed by atoms with E-state index in [9.17, 15) is 9.90 Å². The average Bonchev–Trinajstić information content (AvgIpc) is 2.92. The van der Waals surface area contributed by atoms with E-state index in [0.717, 1.165) is 26.9 Å². The van der Waals surface area contributed by atoms with Crippen molar-refractivity contribution in [2.75, 3.05) is 5.32 Å². The molecule has 0 unspecified atom stereocenters. The van der Waals surface area contributed by atoms with Crippen molar-refractivity contribution < 1.29 is 9.90 Å². The van der Waals surface area contributed by atoms with E-state index in [1.54, 1.807) is 0 Å². The van der Waals surface area contributed by atoms with Gasteiger partial charge in [-0.1, -0.05) is 40.2 Å². The topological polar surface area (TPSA) is 49.3 Å². The number of thiophene rings is 1. The van der Waals surface area contributed by atoms with Gasteiger partial charge in [0.1, 0.15) is 10.6 Å². The molecule has 5 heteroatoms. The number of halogens is 1. The van der Waals surface area contributed by atoms with Crippen molar-refractivity contribution in [3.05, 3.63) is 69.5 Å². The van der Waals surface area contributed by atoms with Gasteiger partial charge in [0, 0.05) is 21.1 Å². The molecule has 0 aliphatic heterocycles. The predicted octanol–water partition coefficient (Wildman–Crippen LogP) is 5.93. The first-order valence-electron chi connectivity index (χ1n) is 6.99. The second-order valence-electron chi connectivity index (χ2n) is 5.16. The number of hydrogen-bond acceptors (Lipinski definition) is 3. The minimum atomic E-state index is -0.931. The maximum absolute atomic E-state index is 11.8. The molecule has 0 saturated heterocycles. The molecule has 0 atom stereocenters. The Morgan fingerprint density at radius 2 is 1.91 bits per heavy atom. The van der Waals surface area contributed by atoms with Crippen LogP contribution in [0.25, 0.3) is 11.1 Å². The summed E-state index contributed by atoms with van der Waals surface area (Å²) in [6, 6.07) is 15.5. The van der Waals surface area contributed by atoms with Gasteiger partial charge in [0.25, 0.3) is 0 Å². The normalized spacial score (nSPS) is 10.5. The Kier molecular flexibility index (Phi) is 4.50. The van der Waals surface area contributed by atoms with E-state index in [2.05, 4.69) is 21.2 Å². The lowest BCUT2D eigenvalue weighted by Gasteiger charge is -2.07. The number of aromatic carboxylic acids is 1. The van der Waals surface area contributed by atoms with Gasteiger partial charge in [0.2, 0.25) is 0 Å². The van der Waals surface area contributed by atoms with Crippen molar-refractivity contribution in [1.82, 2.24) is 0 Å². The molecule has 0 aliphatic carbocycles. The van der Waals surface area contributed by atoms with Crippen LogP contribution < -0.4 is 5.32 Å². The maximum Gasteiger partial charge on any atom is 0.339 e. The lowest BCUT2D eigenvalue weighted by molar-refractivity contribution is 0.0699. The number of carboxylic acid groups (broad SMARTS) is 1. The van der Waals surface area contributed by atoms with Crippen LogP contribution in [0.3, 0.4) is 0 Å². The first-order valence-corrected chi connectivity index (χ1v) is 8.66. The SMILES string of the molecule is Cc1cccc(Nc2scc(-c3ccc(Br)cc3)c2C(=O)O)c1. The Morgan fingerprint density at radius 1 is 1.17 bits per heavy atom. The van der Waals surface area contributed by atoms with Crippen molar-refractivity contribution in [1.29, 1.82) is 0 Å². The molecular formula is C18H14BrNO2S. The van der Waals surface area contributed by atoms with Gasteiger partial charge in [-0.05, 0) is 42.3 Å². The van der Waals surface area contributed by atoms with Gasteiger partial charge in [-0.2, -0.15) is 0 Å². The van der Waals surface area contributed by atoms with E-state index in [-0.39, 0.29) is 0 Å². The Labute approximate surface area is 146 Å². The molecule has 3 aromatic rings. The number of benzene rings is 2. The van der Waals surface area contributed by atoms with Gasteiger partial charge < -0.3 is 10.4 Å². The van der Waals surface area contributed by atoms with Gasteiger partial charge in [-0.15, -0.1) is 11.3 Å². The van der Waals surface area contributed by atoms with Crippen LogP contribution in [0, 0.1) is 6.92 Å². The Hall–Kier alpha value is -2.11. The largest absolute Gasteiger partial charge is 0.478 e. The first-order chi connectivity index (χ1) is 11.0. The maximum atomic E-state index is 11.8. The fraction of sp³-hybridized carbons (Fsp3) is 0.0556. The molecule has 3 nitrogen and oxygen atoms in total. The molecule has 23 heavy (non-hydrogen) atoms. The van der Waals surface area contributed by atoms with Crippen LogP contribution in [-0.2, 0) is 0 Å². The molecule has 0 bridgehead atoms. The fourth-order valence-electron chi connectivity index (χ4n) is 2.36. The van der Waals surface area contributed by atoms with Crippen molar-refractivity contribution in [2.24, 2.45) is 0 Å². The van der Waals surface area contributed by atoms with Gasteiger partial charge in [-0.3, -0.25) is 0 Å². The van der Waals surface area contributed by atoms with Crippen LogP contribution in [0.1, 0.15) is 15.9 Å². The molecular weight excluding hydrogens is 374 g/mol. The molecule has 0 aliphatic rings. The summed E-state index contributed by atoms with van der Waals surface area (Å²) in [5.74, 6) is -0.931. The highest BCUT2D eigenvalue weighted by atomic mass is 79.9. The van der Waals surface area contributed by atoms with Crippen molar-refractivity contribution in [2.45, 2.75) is 6.92 Å². The standard InChI is InChI=1S/C18H14BrNO2S/c1-11-3-2-4-14(9-11)20-17-16(18(21)22)15(10-23-17)12-5-7-13(19)8-6-12/h2-10,20H,1H3,(H,21,22). The van der Waals surface area contributed by atoms with Crippen LogP contribution in [0.5, 0.6) is 0 Å². The summed E-state index contributed by atoms with van der Waals surface area (Å²) in [6.07, 6.45) is 0. The summed E-state index contributed by atoms with van der Waals surface area (Å²) in [5, 5.41) is 15.4. The third-order valence-corrected chi connectivity index (χ3v) is 4.86. The van der Waals surface area contributed by atoms with E-state index in [1.807, 2.05) is 60.8 Å². The van der Waals surface area contributed by atoms with Gasteiger partial charge in [0.15, 0.2) is 0 Å². The van der Waals surface area contributed by atoms with E-state index in [4.69, 9.17) is 0 Å². The Bertz CT molecular complexity index is 856. The number of hydrogen-bond donors (Lipinski definition) is 2. The number of nitrogens with one attached hydrogen (secondary N) is 1. The van der Waals surface area contributed by atoms with Gasteiger partial charge in [0.05, 0.1) is 0 Å². The highest BCUT2D eigenvalue weighted by Gasteiger charge is 2.19. The van der Waals surface area contributed by atoms with E-state index >= 15 is 0 Å². The van der Waals surface area contributed by atoms with Crippen molar-refractivity contribution >= 4 is 43.9 Å². The Balaban J connectivity index is 2.02. The number of anilines is 2. The zero-order valence-electron chi connectivity index (χ0n) is 12.3. The minimum Gasteiger partial charge on any atom is -0.478 e. The minimum absolute atomic E-state index is 0.304. The smallest absolute Gasteiger partial charge is 0.339 e. The molecule has 0 saturated carbocycles. The number of rotatable bonds is 4. The highest BCUT2D eigenvalue weighted by Crippen LogP contribution is 2.37. The first kappa shape index (κ1) is 15.8. The summed E-state index contributed by atoms with van der Waals surface area (Å²) in [7, 11) is 0. The molecule has 2 N–H and O–H groups in total. The van der Waals surface area contributed by atoms with Gasteiger partial charge >= 0.3 is 5.97 Å². The molecule has 3 rings (SSSR count). The Morgan fingerprint density at radius 3 is 2.57 bits per heavy atom. The molecule has 1 heterocycles. The van der Waals surface area contributed by atoms with Crippen LogP contribution in [0.15, 0.2) is 58.4 Å². The van der Waals surface area contributed by atoms with E-state index < -0.39 is 5.97 Å². The summed E-state index contributed by atoms with van der Waals surface area (Å²) in [5.41, 5.74) is 3.93.